The molecule has 1 fully saturated rings. The Balaban J connectivity index is 2.16. The zero-order chi connectivity index (χ0) is 10.7. The molecule has 2 heterocycles. The molecule has 1 unspecified atom stereocenters. The highest BCUT2D eigenvalue weighted by Crippen LogP contribution is 2.22. The lowest BCUT2D eigenvalue weighted by Crippen LogP contribution is -2.42. The molecule has 1 saturated heterocycles. The van der Waals surface area contributed by atoms with Gasteiger partial charge < -0.3 is 10.0 Å². The van der Waals surface area contributed by atoms with Gasteiger partial charge in [0.1, 0.15) is 0 Å². The van der Waals surface area contributed by atoms with Gasteiger partial charge in [0.15, 0.2) is 11.0 Å². The molecule has 0 radical (unpaired) electrons. The molecule has 4 nitrogen and oxygen atoms in total. The number of aliphatic hydroxyl groups excluding tert-OH is 1. The van der Waals surface area contributed by atoms with E-state index in [9.17, 15) is 5.11 Å². The number of halogens is 1. The number of hydrogen-bond donors (Lipinski definition) is 1. The van der Waals surface area contributed by atoms with Crippen LogP contribution in [0.2, 0.25) is 5.15 Å². The summed E-state index contributed by atoms with van der Waals surface area (Å²) in [6, 6.07) is 3.75. The lowest BCUT2D eigenvalue weighted by molar-refractivity contribution is 0.239. The molecule has 0 aliphatic carbocycles. The Morgan fingerprint density at radius 1 is 1.40 bits per heavy atom. The summed E-state index contributed by atoms with van der Waals surface area (Å²) in [4.78, 5) is 2.10. The lowest BCUT2D eigenvalue weighted by atomic mass is 10.0. The molecule has 0 aromatic carbocycles. The number of hydrogen-bond acceptors (Lipinski definition) is 4. The molecular weight excluding hydrogens is 214 g/mol. The molecule has 2 rings (SSSR count). The van der Waals surface area contributed by atoms with Crippen molar-refractivity contribution in [2.24, 2.45) is 0 Å². The van der Waals surface area contributed by atoms with Crippen molar-refractivity contribution in [3.8, 4) is 0 Å². The number of piperidine rings is 1. The second-order valence-corrected chi connectivity index (χ2v) is 4.13. The van der Waals surface area contributed by atoms with Crippen LogP contribution in [-0.2, 0) is 0 Å². The van der Waals surface area contributed by atoms with Gasteiger partial charge in [-0.1, -0.05) is 11.6 Å². The fourth-order valence-corrected chi connectivity index (χ4v) is 2.05. The van der Waals surface area contributed by atoms with Crippen molar-refractivity contribution in [2.45, 2.75) is 25.3 Å². The van der Waals surface area contributed by atoms with Gasteiger partial charge in [-0.3, -0.25) is 0 Å². The Morgan fingerprint density at radius 2 is 2.27 bits per heavy atom. The highest BCUT2D eigenvalue weighted by atomic mass is 35.5. The average Bonchev–Trinajstić information content (AvgIpc) is 2.30. The van der Waals surface area contributed by atoms with Gasteiger partial charge in [-0.15, -0.1) is 10.2 Å². The first-order valence-corrected chi connectivity index (χ1v) is 5.56. The number of aliphatic hydroxyl groups is 1. The van der Waals surface area contributed by atoms with Gasteiger partial charge in [-0.25, -0.2) is 0 Å². The van der Waals surface area contributed by atoms with Gasteiger partial charge in [0.25, 0.3) is 0 Å². The van der Waals surface area contributed by atoms with E-state index in [1.807, 2.05) is 6.07 Å². The van der Waals surface area contributed by atoms with E-state index in [0.29, 0.717) is 5.15 Å². The molecule has 1 aliphatic heterocycles. The summed E-state index contributed by atoms with van der Waals surface area (Å²) in [5.74, 6) is 0.804. The third-order valence-corrected chi connectivity index (χ3v) is 2.95. The van der Waals surface area contributed by atoms with Crippen LogP contribution < -0.4 is 4.90 Å². The Kier molecular flexibility index (Phi) is 3.38. The fraction of sp³-hybridized carbons (Fsp3) is 0.600. The van der Waals surface area contributed by atoms with Crippen LogP contribution >= 0.6 is 11.6 Å². The summed E-state index contributed by atoms with van der Waals surface area (Å²) in [6.45, 7) is 1.10. The van der Waals surface area contributed by atoms with E-state index in [4.69, 9.17) is 11.6 Å². The van der Waals surface area contributed by atoms with Crippen molar-refractivity contribution in [1.29, 1.82) is 0 Å². The number of nitrogens with zero attached hydrogens (tertiary/aromatic N) is 3. The van der Waals surface area contributed by atoms with Crippen LogP contribution in [0.15, 0.2) is 12.1 Å². The summed E-state index contributed by atoms with van der Waals surface area (Å²) >= 11 is 5.68. The zero-order valence-electron chi connectivity index (χ0n) is 8.43. The van der Waals surface area contributed by atoms with E-state index >= 15 is 0 Å². The molecule has 1 N–H and O–H groups in total. The van der Waals surface area contributed by atoms with Crippen LogP contribution in [0.25, 0.3) is 0 Å². The molecule has 1 aromatic heterocycles. The Labute approximate surface area is 93.9 Å². The second kappa shape index (κ2) is 4.77. The highest BCUT2D eigenvalue weighted by Gasteiger charge is 2.22. The molecule has 0 spiro atoms. The maximum Gasteiger partial charge on any atom is 0.151 e. The molecule has 1 aromatic rings. The summed E-state index contributed by atoms with van der Waals surface area (Å²) in [5.41, 5.74) is 0. The van der Waals surface area contributed by atoms with E-state index in [2.05, 4.69) is 15.1 Å². The molecule has 0 amide bonds. The molecular formula is C10H14ClN3O. The van der Waals surface area contributed by atoms with Crippen LogP contribution in [0, 0.1) is 0 Å². The second-order valence-electron chi connectivity index (χ2n) is 3.74. The van der Waals surface area contributed by atoms with Gasteiger partial charge in [0, 0.05) is 6.54 Å². The van der Waals surface area contributed by atoms with Crippen molar-refractivity contribution in [3.63, 3.8) is 0 Å². The third kappa shape index (κ3) is 2.38. The minimum absolute atomic E-state index is 0.171. The Bertz CT molecular complexity index is 317. The minimum atomic E-state index is 0.171. The Morgan fingerprint density at radius 3 is 2.93 bits per heavy atom. The van der Waals surface area contributed by atoms with Crippen molar-refractivity contribution in [1.82, 2.24) is 10.2 Å². The zero-order valence-corrected chi connectivity index (χ0v) is 9.19. The fourth-order valence-electron chi connectivity index (χ4n) is 1.95. The monoisotopic (exact) mass is 227 g/mol. The van der Waals surface area contributed by atoms with E-state index in [1.54, 1.807) is 6.07 Å². The first-order valence-electron chi connectivity index (χ1n) is 5.18. The standard InChI is InChI=1S/C10H14ClN3O/c11-9-4-5-10(13-12-9)14-6-2-1-3-8(14)7-15/h4-5,8,15H,1-3,6-7H2. The molecule has 5 heteroatoms. The van der Waals surface area contributed by atoms with E-state index in [0.717, 1.165) is 25.2 Å². The molecule has 1 aliphatic rings. The van der Waals surface area contributed by atoms with Crippen molar-refractivity contribution in [3.05, 3.63) is 17.3 Å². The molecule has 0 bridgehead atoms. The van der Waals surface area contributed by atoms with Crippen LogP contribution in [0.1, 0.15) is 19.3 Å². The maximum atomic E-state index is 9.26. The predicted octanol–water partition coefficient (Wildman–Crippen LogP) is 1.48. The number of aromatic nitrogens is 2. The Hall–Kier alpha value is -0.870. The number of rotatable bonds is 2. The summed E-state index contributed by atoms with van der Waals surface area (Å²) < 4.78 is 0. The van der Waals surface area contributed by atoms with Crippen LogP contribution in [-0.4, -0.2) is 34.5 Å². The van der Waals surface area contributed by atoms with Gasteiger partial charge >= 0.3 is 0 Å². The first kappa shape index (κ1) is 10.6. The molecule has 0 saturated carbocycles. The smallest absolute Gasteiger partial charge is 0.151 e. The first-order chi connectivity index (χ1) is 7.31. The summed E-state index contributed by atoms with van der Waals surface area (Å²) in [5, 5.41) is 17.5. The largest absolute Gasteiger partial charge is 0.394 e. The van der Waals surface area contributed by atoms with E-state index in [1.165, 1.54) is 6.42 Å². The topological polar surface area (TPSA) is 49.2 Å². The lowest BCUT2D eigenvalue weighted by Gasteiger charge is -2.35. The van der Waals surface area contributed by atoms with Crippen molar-refractivity contribution >= 4 is 17.4 Å². The van der Waals surface area contributed by atoms with Crippen LogP contribution in [0.5, 0.6) is 0 Å². The van der Waals surface area contributed by atoms with Gasteiger partial charge in [-0.2, -0.15) is 0 Å². The molecule has 82 valence electrons. The molecule has 1 atom stereocenters. The normalized spacial score (nSPS) is 21.7. The van der Waals surface area contributed by atoms with Crippen LogP contribution in [0.3, 0.4) is 0 Å². The maximum absolute atomic E-state index is 9.26. The van der Waals surface area contributed by atoms with E-state index in [-0.39, 0.29) is 12.6 Å². The van der Waals surface area contributed by atoms with Gasteiger partial charge in [0.05, 0.1) is 12.6 Å². The SMILES string of the molecule is OCC1CCCCN1c1ccc(Cl)nn1. The van der Waals surface area contributed by atoms with Crippen molar-refractivity contribution < 1.29 is 5.11 Å². The van der Waals surface area contributed by atoms with Crippen LogP contribution in [0.4, 0.5) is 5.82 Å². The average molecular weight is 228 g/mol. The van der Waals surface area contributed by atoms with Gasteiger partial charge in [0.2, 0.25) is 0 Å². The summed E-state index contributed by atoms with van der Waals surface area (Å²) in [7, 11) is 0. The predicted molar refractivity (Wildman–Crippen MR) is 59.1 cm³/mol. The quantitative estimate of drug-likeness (QED) is 0.832. The summed E-state index contributed by atoms with van der Waals surface area (Å²) in [6.07, 6.45) is 3.32. The van der Waals surface area contributed by atoms with Gasteiger partial charge in [-0.05, 0) is 31.4 Å². The minimum Gasteiger partial charge on any atom is -0.394 e. The third-order valence-electron chi connectivity index (χ3n) is 2.75. The van der Waals surface area contributed by atoms with Crippen molar-refractivity contribution in [2.75, 3.05) is 18.1 Å². The molecule has 15 heavy (non-hydrogen) atoms. The highest BCUT2D eigenvalue weighted by molar-refractivity contribution is 6.29. The number of anilines is 1. The van der Waals surface area contributed by atoms with E-state index < -0.39 is 0 Å².